The molecule has 1 aliphatic heterocycles. The van der Waals surface area contributed by atoms with E-state index in [0.29, 0.717) is 0 Å². The minimum absolute atomic E-state index is 0.260. The van der Waals surface area contributed by atoms with Crippen LogP contribution in [0.2, 0.25) is 0 Å². The molecule has 2 rings (SSSR count). The van der Waals surface area contributed by atoms with Crippen molar-refractivity contribution < 1.29 is 28.8 Å². The van der Waals surface area contributed by atoms with Gasteiger partial charge in [-0.15, -0.1) is 0 Å². The summed E-state index contributed by atoms with van der Waals surface area (Å²) in [6, 6.07) is 9.45. The van der Waals surface area contributed by atoms with E-state index in [1.807, 2.05) is 30.3 Å². The van der Waals surface area contributed by atoms with E-state index in [0.717, 1.165) is 5.56 Å². The maximum atomic E-state index is 11.6. The Balaban J connectivity index is 2.04. The maximum Gasteiger partial charge on any atom is 0.337 e. The van der Waals surface area contributed by atoms with Gasteiger partial charge in [-0.1, -0.05) is 30.3 Å². The topological polar surface area (TPSA) is 74.2 Å². The van der Waals surface area contributed by atoms with E-state index in [4.69, 9.17) is 14.2 Å². The molecule has 1 unspecified atom stereocenters. The Morgan fingerprint density at radius 3 is 2.60 bits per heavy atom. The van der Waals surface area contributed by atoms with E-state index in [2.05, 4.69) is 4.74 Å². The third-order valence-electron chi connectivity index (χ3n) is 3.15. The van der Waals surface area contributed by atoms with E-state index >= 15 is 0 Å². The van der Waals surface area contributed by atoms with Crippen molar-refractivity contribution in [1.82, 2.24) is 0 Å². The summed E-state index contributed by atoms with van der Waals surface area (Å²) < 4.78 is 20.5. The molecule has 110 valence electrons. The van der Waals surface area contributed by atoms with Crippen molar-refractivity contribution in [3.05, 3.63) is 35.9 Å². The van der Waals surface area contributed by atoms with Crippen LogP contribution in [0.15, 0.2) is 30.3 Å². The molecule has 0 radical (unpaired) electrons. The minimum Gasteiger partial charge on any atom is -0.467 e. The summed E-state index contributed by atoms with van der Waals surface area (Å²) >= 11 is 0. The molecule has 6 heteroatoms. The fourth-order valence-corrected chi connectivity index (χ4v) is 2.09. The number of esters is 1. The van der Waals surface area contributed by atoms with Crippen molar-refractivity contribution in [2.45, 2.75) is 31.2 Å². The van der Waals surface area contributed by atoms with E-state index in [1.165, 1.54) is 14.2 Å². The number of carbonyl (C=O) groups is 1. The summed E-state index contributed by atoms with van der Waals surface area (Å²) in [5, 5.41) is 10.1. The molecule has 20 heavy (non-hydrogen) atoms. The van der Waals surface area contributed by atoms with Crippen LogP contribution in [0.5, 0.6) is 0 Å². The highest BCUT2D eigenvalue weighted by Crippen LogP contribution is 2.26. The number of aliphatic hydroxyl groups is 1. The van der Waals surface area contributed by atoms with Gasteiger partial charge in [0.25, 0.3) is 0 Å². The first-order valence-electron chi connectivity index (χ1n) is 6.27. The van der Waals surface area contributed by atoms with Crippen molar-refractivity contribution in [1.29, 1.82) is 0 Å². The lowest BCUT2D eigenvalue weighted by molar-refractivity contribution is -0.175. The molecule has 0 bridgehead atoms. The average Bonchev–Trinajstić information content (AvgIpc) is 2.81. The molecule has 1 N–H and O–H groups in total. The number of methoxy groups -OCH3 is 2. The van der Waals surface area contributed by atoms with Crippen molar-refractivity contribution in [3.8, 4) is 0 Å². The molecule has 1 aliphatic rings. The summed E-state index contributed by atoms with van der Waals surface area (Å²) in [7, 11) is 2.65. The van der Waals surface area contributed by atoms with E-state index in [-0.39, 0.29) is 6.61 Å². The molecular formula is C14H18O6. The standard InChI is InChI=1S/C14H18O6/c1-17-13(16)12-11(10(15)14(18-2)20-12)19-8-9-6-4-3-5-7-9/h3-7,10-12,14-15H,8H2,1-2H3/t10-,11-,12+,14?/m1/s1. The van der Waals surface area contributed by atoms with Crippen molar-refractivity contribution in [3.63, 3.8) is 0 Å². The summed E-state index contributed by atoms with van der Waals surface area (Å²) in [5.41, 5.74) is 0.934. The van der Waals surface area contributed by atoms with Crippen molar-refractivity contribution >= 4 is 5.97 Å². The van der Waals surface area contributed by atoms with Gasteiger partial charge in [0, 0.05) is 7.11 Å². The number of hydrogen-bond donors (Lipinski definition) is 1. The number of ether oxygens (including phenoxy) is 4. The zero-order chi connectivity index (χ0) is 14.5. The van der Waals surface area contributed by atoms with Crippen LogP contribution in [-0.4, -0.2) is 49.9 Å². The quantitative estimate of drug-likeness (QED) is 0.792. The van der Waals surface area contributed by atoms with Crippen LogP contribution in [0.25, 0.3) is 0 Å². The average molecular weight is 282 g/mol. The second kappa shape index (κ2) is 6.81. The van der Waals surface area contributed by atoms with Gasteiger partial charge in [0.1, 0.15) is 12.2 Å². The van der Waals surface area contributed by atoms with Crippen LogP contribution in [0.1, 0.15) is 5.56 Å². The molecule has 1 aromatic rings. The number of hydrogen-bond acceptors (Lipinski definition) is 6. The molecule has 0 aliphatic carbocycles. The predicted molar refractivity (Wildman–Crippen MR) is 68.7 cm³/mol. The molecule has 1 heterocycles. The Bertz CT molecular complexity index is 435. The van der Waals surface area contributed by atoms with E-state index < -0.39 is 30.6 Å². The van der Waals surface area contributed by atoms with Gasteiger partial charge in [0.15, 0.2) is 12.4 Å². The van der Waals surface area contributed by atoms with Crippen molar-refractivity contribution in [2.24, 2.45) is 0 Å². The molecular weight excluding hydrogens is 264 g/mol. The highest BCUT2D eigenvalue weighted by Gasteiger charge is 2.49. The monoisotopic (exact) mass is 282 g/mol. The number of aliphatic hydroxyl groups excluding tert-OH is 1. The lowest BCUT2D eigenvalue weighted by atomic mass is 10.1. The minimum atomic E-state index is -1.05. The largest absolute Gasteiger partial charge is 0.467 e. The molecule has 6 nitrogen and oxygen atoms in total. The molecule has 1 saturated heterocycles. The number of carbonyl (C=O) groups excluding carboxylic acids is 1. The van der Waals surface area contributed by atoms with Gasteiger partial charge in [-0.2, -0.15) is 0 Å². The van der Waals surface area contributed by atoms with Gasteiger partial charge >= 0.3 is 5.97 Å². The maximum absolute atomic E-state index is 11.6. The van der Waals surface area contributed by atoms with Crippen LogP contribution >= 0.6 is 0 Å². The Morgan fingerprint density at radius 2 is 2.00 bits per heavy atom. The summed E-state index contributed by atoms with van der Waals surface area (Å²) in [6.45, 7) is 0.260. The van der Waals surface area contributed by atoms with Crippen LogP contribution in [0, 0.1) is 0 Å². The van der Waals surface area contributed by atoms with Gasteiger partial charge in [-0.25, -0.2) is 4.79 Å². The first-order valence-corrected chi connectivity index (χ1v) is 6.27. The third-order valence-corrected chi connectivity index (χ3v) is 3.15. The number of benzene rings is 1. The summed E-state index contributed by atoms with van der Waals surface area (Å²) in [6.07, 6.45) is -3.77. The fourth-order valence-electron chi connectivity index (χ4n) is 2.09. The van der Waals surface area contributed by atoms with Crippen LogP contribution < -0.4 is 0 Å². The zero-order valence-electron chi connectivity index (χ0n) is 11.4. The summed E-state index contributed by atoms with van der Waals surface area (Å²) in [5.74, 6) is -0.596. The fraction of sp³-hybridized carbons (Fsp3) is 0.500. The second-order valence-corrected chi connectivity index (χ2v) is 4.44. The molecule has 1 fully saturated rings. The van der Waals surface area contributed by atoms with Gasteiger partial charge in [0.05, 0.1) is 13.7 Å². The second-order valence-electron chi connectivity index (χ2n) is 4.44. The first kappa shape index (κ1) is 14.9. The lowest BCUT2D eigenvalue weighted by Gasteiger charge is -2.19. The van der Waals surface area contributed by atoms with Gasteiger partial charge in [-0.05, 0) is 5.56 Å². The Kier molecular flexibility index (Phi) is 5.08. The van der Waals surface area contributed by atoms with Gasteiger partial charge < -0.3 is 24.1 Å². The highest BCUT2D eigenvalue weighted by molar-refractivity contribution is 5.75. The molecule has 0 amide bonds. The molecule has 4 atom stereocenters. The smallest absolute Gasteiger partial charge is 0.337 e. The van der Waals surface area contributed by atoms with Crippen LogP contribution in [0.4, 0.5) is 0 Å². The van der Waals surface area contributed by atoms with Gasteiger partial charge in [0.2, 0.25) is 0 Å². The Labute approximate surface area is 117 Å². The molecule has 0 aromatic heterocycles. The Morgan fingerprint density at radius 1 is 1.30 bits per heavy atom. The summed E-state index contributed by atoms with van der Waals surface area (Å²) in [4.78, 5) is 11.6. The third kappa shape index (κ3) is 3.16. The molecule has 1 aromatic carbocycles. The van der Waals surface area contributed by atoms with E-state index in [9.17, 15) is 9.90 Å². The van der Waals surface area contributed by atoms with Crippen LogP contribution in [-0.2, 0) is 30.3 Å². The zero-order valence-corrected chi connectivity index (χ0v) is 11.4. The van der Waals surface area contributed by atoms with Crippen molar-refractivity contribution in [2.75, 3.05) is 14.2 Å². The predicted octanol–water partition coefficient (Wildman–Crippen LogP) is 0.477. The van der Waals surface area contributed by atoms with E-state index in [1.54, 1.807) is 0 Å². The normalized spacial score (nSPS) is 29.4. The highest BCUT2D eigenvalue weighted by atomic mass is 16.7. The van der Waals surface area contributed by atoms with Crippen LogP contribution in [0.3, 0.4) is 0 Å². The molecule has 0 spiro atoms. The number of rotatable bonds is 5. The molecule has 0 saturated carbocycles. The first-order chi connectivity index (χ1) is 9.67. The lowest BCUT2D eigenvalue weighted by Crippen LogP contribution is -2.39. The SMILES string of the molecule is COC(=O)[C@H]1OC(OC)[C@H](O)[C@H]1OCc1ccccc1. The van der Waals surface area contributed by atoms with Gasteiger partial charge in [-0.3, -0.25) is 0 Å². The Hall–Kier alpha value is -1.47.